The molecule has 0 bridgehead atoms. The van der Waals surface area contributed by atoms with E-state index in [1.165, 1.54) is 22.8 Å². The standard InChI is InChI=1S/C23H23FN6O3S/c1-33-19-7-3-17(4-8-19)21-15-25-23-26-16-27-30(23)22(21)28-11-2-12-29(14-13-28)34(31,32)20-9-5-18(24)6-10-20/h3-10,15-16H,2,11-14H2,1H3. The van der Waals surface area contributed by atoms with Crippen molar-refractivity contribution >= 4 is 21.6 Å². The fourth-order valence-corrected chi connectivity index (χ4v) is 5.62. The molecule has 0 amide bonds. The fraction of sp³-hybridized carbons (Fsp3) is 0.261. The van der Waals surface area contributed by atoms with Gasteiger partial charge in [-0.25, -0.2) is 17.8 Å². The molecule has 0 aliphatic carbocycles. The number of sulfonamides is 1. The Kier molecular flexibility index (Phi) is 5.88. The highest BCUT2D eigenvalue weighted by atomic mass is 32.2. The van der Waals surface area contributed by atoms with Gasteiger partial charge in [-0.05, 0) is 48.4 Å². The van der Waals surface area contributed by atoms with Gasteiger partial charge < -0.3 is 9.64 Å². The monoisotopic (exact) mass is 482 g/mol. The summed E-state index contributed by atoms with van der Waals surface area (Å²) in [6.45, 7) is 1.71. The average molecular weight is 483 g/mol. The molecular formula is C23H23FN6O3S. The van der Waals surface area contributed by atoms with Crippen molar-refractivity contribution in [2.24, 2.45) is 0 Å². The maximum atomic E-state index is 13.3. The van der Waals surface area contributed by atoms with Gasteiger partial charge in [0, 0.05) is 37.9 Å². The van der Waals surface area contributed by atoms with E-state index in [0.717, 1.165) is 34.8 Å². The zero-order valence-electron chi connectivity index (χ0n) is 18.5. The molecule has 0 atom stereocenters. The molecule has 0 N–H and O–H groups in total. The molecule has 0 saturated carbocycles. The topological polar surface area (TPSA) is 92.9 Å². The summed E-state index contributed by atoms with van der Waals surface area (Å²) in [4.78, 5) is 10.9. The van der Waals surface area contributed by atoms with Gasteiger partial charge in [-0.15, -0.1) is 0 Å². The summed E-state index contributed by atoms with van der Waals surface area (Å²) in [5, 5.41) is 4.38. The highest BCUT2D eigenvalue weighted by Gasteiger charge is 2.29. The van der Waals surface area contributed by atoms with Crippen molar-refractivity contribution < 1.29 is 17.5 Å². The molecule has 2 aromatic heterocycles. The van der Waals surface area contributed by atoms with Gasteiger partial charge in [-0.2, -0.15) is 18.9 Å². The van der Waals surface area contributed by atoms with Crippen molar-refractivity contribution in [1.29, 1.82) is 0 Å². The number of halogens is 1. The lowest BCUT2D eigenvalue weighted by atomic mass is 10.1. The molecule has 1 fully saturated rings. The summed E-state index contributed by atoms with van der Waals surface area (Å²) in [5.74, 6) is 1.54. The van der Waals surface area contributed by atoms with Crippen LogP contribution in [0.2, 0.25) is 0 Å². The second kappa shape index (κ2) is 8.99. The molecule has 0 spiro atoms. The Morgan fingerprint density at radius 2 is 1.71 bits per heavy atom. The minimum absolute atomic E-state index is 0.0869. The third-order valence-corrected chi connectivity index (χ3v) is 7.80. The maximum Gasteiger partial charge on any atom is 0.254 e. The number of benzene rings is 2. The first-order valence-corrected chi connectivity index (χ1v) is 12.3. The number of fused-ring (bicyclic) bond motifs is 1. The van der Waals surface area contributed by atoms with Crippen LogP contribution in [0.4, 0.5) is 10.2 Å². The van der Waals surface area contributed by atoms with E-state index in [1.54, 1.807) is 17.8 Å². The van der Waals surface area contributed by atoms with Crippen LogP contribution >= 0.6 is 0 Å². The molecule has 1 saturated heterocycles. The predicted molar refractivity (Wildman–Crippen MR) is 125 cm³/mol. The Morgan fingerprint density at radius 1 is 0.941 bits per heavy atom. The molecule has 9 nitrogen and oxygen atoms in total. The van der Waals surface area contributed by atoms with E-state index in [0.29, 0.717) is 31.8 Å². The van der Waals surface area contributed by atoms with Crippen LogP contribution in [0.3, 0.4) is 0 Å². The molecule has 2 aromatic carbocycles. The lowest BCUT2D eigenvalue weighted by molar-refractivity contribution is 0.415. The molecule has 3 heterocycles. The van der Waals surface area contributed by atoms with Gasteiger partial charge >= 0.3 is 0 Å². The van der Waals surface area contributed by atoms with Gasteiger partial charge in [0.05, 0.1) is 12.0 Å². The Bertz CT molecular complexity index is 1410. The normalized spacial score (nSPS) is 15.4. The molecule has 1 aliphatic heterocycles. The van der Waals surface area contributed by atoms with Gasteiger partial charge in [0.25, 0.3) is 5.78 Å². The Balaban J connectivity index is 1.48. The van der Waals surface area contributed by atoms with Crippen LogP contribution in [0, 0.1) is 5.82 Å². The van der Waals surface area contributed by atoms with Crippen molar-refractivity contribution in [3.8, 4) is 16.9 Å². The average Bonchev–Trinajstić information content (AvgIpc) is 3.19. The highest BCUT2D eigenvalue weighted by Crippen LogP contribution is 2.32. The van der Waals surface area contributed by atoms with E-state index in [4.69, 9.17) is 4.74 Å². The van der Waals surface area contributed by atoms with E-state index in [9.17, 15) is 12.8 Å². The molecule has 1 aliphatic rings. The lowest BCUT2D eigenvalue weighted by Crippen LogP contribution is -2.35. The number of anilines is 1. The summed E-state index contributed by atoms with van der Waals surface area (Å²) in [7, 11) is -2.11. The molecule has 0 unspecified atom stereocenters. The Morgan fingerprint density at radius 3 is 2.44 bits per heavy atom. The van der Waals surface area contributed by atoms with Crippen molar-refractivity contribution in [1.82, 2.24) is 23.9 Å². The van der Waals surface area contributed by atoms with E-state index >= 15 is 0 Å². The van der Waals surface area contributed by atoms with E-state index in [-0.39, 0.29) is 11.4 Å². The van der Waals surface area contributed by atoms with Gasteiger partial charge in [0.15, 0.2) is 0 Å². The number of aromatic nitrogens is 4. The second-order valence-electron chi connectivity index (χ2n) is 7.89. The maximum absolute atomic E-state index is 13.3. The summed E-state index contributed by atoms with van der Waals surface area (Å²) in [6, 6.07) is 12.6. The first-order valence-electron chi connectivity index (χ1n) is 10.8. The molecule has 176 valence electrons. The second-order valence-corrected chi connectivity index (χ2v) is 9.83. The Hall–Kier alpha value is -3.57. The molecule has 11 heteroatoms. The molecular weight excluding hydrogens is 459 g/mol. The number of hydrogen-bond donors (Lipinski definition) is 0. The SMILES string of the molecule is COc1ccc(-c2cnc3ncnn3c2N2CCCN(S(=O)(=O)c3ccc(F)cc3)CC2)cc1. The van der Waals surface area contributed by atoms with Crippen molar-refractivity contribution in [2.45, 2.75) is 11.3 Å². The van der Waals surface area contributed by atoms with Gasteiger partial charge in [0.2, 0.25) is 10.0 Å². The zero-order valence-corrected chi connectivity index (χ0v) is 19.3. The Labute approximate surface area is 196 Å². The molecule has 5 rings (SSSR count). The van der Waals surface area contributed by atoms with E-state index in [2.05, 4.69) is 20.0 Å². The largest absolute Gasteiger partial charge is 0.497 e. The van der Waals surface area contributed by atoms with Gasteiger partial charge in [0.1, 0.15) is 23.7 Å². The van der Waals surface area contributed by atoms with Crippen LogP contribution in [0.5, 0.6) is 5.75 Å². The predicted octanol–water partition coefficient (Wildman–Crippen LogP) is 2.84. The minimum Gasteiger partial charge on any atom is -0.497 e. The van der Waals surface area contributed by atoms with Crippen molar-refractivity contribution in [2.75, 3.05) is 38.2 Å². The van der Waals surface area contributed by atoms with Crippen LogP contribution < -0.4 is 9.64 Å². The van der Waals surface area contributed by atoms with Gasteiger partial charge in [-0.3, -0.25) is 0 Å². The minimum atomic E-state index is -3.73. The third kappa shape index (κ3) is 4.08. The number of hydrogen-bond acceptors (Lipinski definition) is 7. The summed E-state index contributed by atoms with van der Waals surface area (Å²) < 4.78 is 48.0. The van der Waals surface area contributed by atoms with Crippen LogP contribution in [-0.4, -0.2) is 65.6 Å². The number of rotatable bonds is 5. The van der Waals surface area contributed by atoms with Crippen LogP contribution in [0.15, 0.2) is 66.0 Å². The zero-order chi connectivity index (χ0) is 23.7. The highest BCUT2D eigenvalue weighted by molar-refractivity contribution is 7.89. The first-order chi connectivity index (χ1) is 16.5. The number of methoxy groups -OCH3 is 1. The summed E-state index contributed by atoms with van der Waals surface area (Å²) in [5.41, 5.74) is 1.79. The van der Waals surface area contributed by atoms with Crippen LogP contribution in [0.25, 0.3) is 16.9 Å². The smallest absolute Gasteiger partial charge is 0.254 e. The molecule has 0 radical (unpaired) electrons. The van der Waals surface area contributed by atoms with E-state index < -0.39 is 15.8 Å². The van der Waals surface area contributed by atoms with Crippen LogP contribution in [0.1, 0.15) is 6.42 Å². The molecule has 4 aromatic rings. The first kappa shape index (κ1) is 22.2. The summed E-state index contributed by atoms with van der Waals surface area (Å²) in [6.07, 6.45) is 3.83. The van der Waals surface area contributed by atoms with Crippen molar-refractivity contribution in [3.05, 3.63) is 66.9 Å². The number of nitrogens with zero attached hydrogens (tertiary/aromatic N) is 6. The van der Waals surface area contributed by atoms with E-state index in [1.807, 2.05) is 24.3 Å². The number of ether oxygens (including phenoxy) is 1. The van der Waals surface area contributed by atoms with Gasteiger partial charge in [-0.1, -0.05) is 12.1 Å². The lowest BCUT2D eigenvalue weighted by Gasteiger charge is -2.26. The third-order valence-electron chi connectivity index (χ3n) is 5.89. The molecule has 34 heavy (non-hydrogen) atoms. The quantitative estimate of drug-likeness (QED) is 0.432. The fourth-order valence-electron chi connectivity index (χ4n) is 4.15. The van der Waals surface area contributed by atoms with Crippen molar-refractivity contribution in [3.63, 3.8) is 0 Å². The summed E-state index contributed by atoms with van der Waals surface area (Å²) >= 11 is 0. The van der Waals surface area contributed by atoms with Crippen LogP contribution in [-0.2, 0) is 10.0 Å².